The van der Waals surface area contributed by atoms with E-state index in [0.717, 1.165) is 39.0 Å². The SMILES string of the molecule is CCNC(=NCc1ccccc1CN1CCCCC1C)NCC(=O)N1CCCC1. The number of nitrogens with zero attached hydrogens (tertiary/aromatic N) is 3. The molecule has 2 aliphatic heterocycles. The van der Waals surface area contributed by atoms with E-state index in [4.69, 9.17) is 4.99 Å². The van der Waals surface area contributed by atoms with Crippen LogP contribution < -0.4 is 10.6 Å². The molecule has 1 amide bonds. The molecule has 0 aromatic heterocycles. The third-order valence-corrected chi connectivity index (χ3v) is 6.05. The highest BCUT2D eigenvalue weighted by atomic mass is 16.2. The maximum Gasteiger partial charge on any atom is 0.241 e. The monoisotopic (exact) mass is 399 g/mol. The van der Waals surface area contributed by atoms with Gasteiger partial charge in [-0.15, -0.1) is 0 Å². The van der Waals surface area contributed by atoms with Gasteiger partial charge in [0.25, 0.3) is 0 Å². The largest absolute Gasteiger partial charge is 0.357 e. The molecule has 2 saturated heterocycles. The molecule has 0 radical (unpaired) electrons. The summed E-state index contributed by atoms with van der Waals surface area (Å²) in [5.41, 5.74) is 2.61. The first kappa shape index (κ1) is 21.6. The van der Waals surface area contributed by atoms with Crippen molar-refractivity contribution in [3.8, 4) is 0 Å². The van der Waals surface area contributed by atoms with Crippen molar-refractivity contribution in [1.82, 2.24) is 20.4 Å². The second kappa shape index (κ2) is 11.2. The van der Waals surface area contributed by atoms with Crippen LogP contribution >= 0.6 is 0 Å². The zero-order valence-electron chi connectivity index (χ0n) is 18.1. The highest BCUT2D eigenvalue weighted by molar-refractivity contribution is 5.86. The molecule has 2 heterocycles. The molecular weight excluding hydrogens is 362 g/mol. The van der Waals surface area contributed by atoms with E-state index < -0.39 is 0 Å². The molecule has 6 nitrogen and oxygen atoms in total. The van der Waals surface area contributed by atoms with E-state index in [9.17, 15) is 4.79 Å². The van der Waals surface area contributed by atoms with Crippen LogP contribution in [0, 0.1) is 0 Å². The van der Waals surface area contributed by atoms with Crippen LogP contribution in [-0.2, 0) is 17.9 Å². The van der Waals surface area contributed by atoms with Crippen LogP contribution in [-0.4, -0.2) is 60.4 Å². The quantitative estimate of drug-likeness (QED) is 0.547. The lowest BCUT2D eigenvalue weighted by atomic mass is 10.0. The number of piperidine rings is 1. The normalized spacial score (nSPS) is 20.7. The minimum Gasteiger partial charge on any atom is -0.357 e. The maximum atomic E-state index is 12.3. The van der Waals surface area contributed by atoms with Gasteiger partial charge in [-0.1, -0.05) is 30.7 Å². The predicted molar refractivity (Wildman–Crippen MR) is 119 cm³/mol. The van der Waals surface area contributed by atoms with Crippen molar-refractivity contribution in [2.24, 2.45) is 4.99 Å². The number of likely N-dealkylation sites (tertiary alicyclic amines) is 2. The second-order valence-electron chi connectivity index (χ2n) is 8.22. The molecule has 1 unspecified atom stereocenters. The van der Waals surface area contributed by atoms with Gasteiger partial charge < -0.3 is 15.5 Å². The van der Waals surface area contributed by atoms with Crippen molar-refractivity contribution < 1.29 is 4.79 Å². The zero-order chi connectivity index (χ0) is 20.5. The molecule has 1 atom stereocenters. The van der Waals surface area contributed by atoms with Crippen molar-refractivity contribution >= 4 is 11.9 Å². The van der Waals surface area contributed by atoms with Crippen LogP contribution in [0.25, 0.3) is 0 Å². The number of rotatable bonds is 7. The zero-order valence-corrected chi connectivity index (χ0v) is 18.1. The lowest BCUT2D eigenvalue weighted by Crippen LogP contribution is -2.44. The summed E-state index contributed by atoms with van der Waals surface area (Å²) in [6, 6.07) is 9.26. The molecule has 3 rings (SSSR count). The van der Waals surface area contributed by atoms with Crippen LogP contribution in [0.5, 0.6) is 0 Å². The Labute approximate surface area is 175 Å². The Morgan fingerprint density at radius 1 is 1.07 bits per heavy atom. The Morgan fingerprint density at radius 2 is 1.79 bits per heavy atom. The van der Waals surface area contributed by atoms with Crippen LogP contribution in [0.3, 0.4) is 0 Å². The van der Waals surface area contributed by atoms with Gasteiger partial charge in [0, 0.05) is 32.2 Å². The minimum absolute atomic E-state index is 0.160. The highest BCUT2D eigenvalue weighted by Gasteiger charge is 2.19. The Bertz CT molecular complexity index is 684. The number of guanidine groups is 1. The Morgan fingerprint density at radius 3 is 2.52 bits per heavy atom. The molecule has 6 heteroatoms. The predicted octanol–water partition coefficient (Wildman–Crippen LogP) is 2.74. The molecule has 0 spiro atoms. The number of benzene rings is 1. The summed E-state index contributed by atoms with van der Waals surface area (Å²) < 4.78 is 0. The van der Waals surface area contributed by atoms with E-state index >= 15 is 0 Å². The minimum atomic E-state index is 0.160. The Hall–Kier alpha value is -2.08. The lowest BCUT2D eigenvalue weighted by Gasteiger charge is -2.33. The first-order valence-electron chi connectivity index (χ1n) is 11.3. The summed E-state index contributed by atoms with van der Waals surface area (Å²) in [4.78, 5) is 21.6. The fraction of sp³-hybridized carbons (Fsp3) is 0.652. The number of aliphatic imine (C=N–C) groups is 1. The molecule has 1 aromatic rings. The molecular formula is C23H37N5O. The molecule has 0 bridgehead atoms. The number of amides is 1. The first-order valence-corrected chi connectivity index (χ1v) is 11.3. The molecule has 2 N–H and O–H groups in total. The fourth-order valence-corrected chi connectivity index (χ4v) is 4.22. The molecule has 2 fully saturated rings. The van der Waals surface area contributed by atoms with Crippen LogP contribution in [0.4, 0.5) is 0 Å². The van der Waals surface area contributed by atoms with E-state index in [2.05, 4.69) is 46.7 Å². The number of hydrogen-bond donors (Lipinski definition) is 2. The van der Waals surface area contributed by atoms with Crippen molar-refractivity contribution in [3.05, 3.63) is 35.4 Å². The number of carbonyl (C=O) groups excluding carboxylic acids is 1. The summed E-state index contributed by atoms with van der Waals surface area (Å²) in [6.07, 6.45) is 6.17. The third kappa shape index (κ3) is 6.46. The maximum absolute atomic E-state index is 12.3. The lowest BCUT2D eigenvalue weighted by molar-refractivity contribution is -0.128. The fourth-order valence-electron chi connectivity index (χ4n) is 4.22. The Balaban J connectivity index is 1.60. The molecule has 0 saturated carbocycles. The molecule has 0 aliphatic carbocycles. The average Bonchev–Trinajstić information content (AvgIpc) is 3.27. The van der Waals surface area contributed by atoms with E-state index in [0.29, 0.717) is 25.1 Å². The third-order valence-electron chi connectivity index (χ3n) is 6.05. The van der Waals surface area contributed by atoms with E-state index in [1.54, 1.807) is 0 Å². The molecule has 29 heavy (non-hydrogen) atoms. The van der Waals surface area contributed by atoms with Gasteiger partial charge in [-0.05, 0) is 57.2 Å². The van der Waals surface area contributed by atoms with Gasteiger partial charge in [0.2, 0.25) is 5.91 Å². The van der Waals surface area contributed by atoms with Gasteiger partial charge >= 0.3 is 0 Å². The van der Waals surface area contributed by atoms with E-state index in [1.165, 1.54) is 36.9 Å². The standard InChI is InChI=1S/C23H37N5O/c1-3-24-23(26-17-22(29)27-13-8-9-14-27)25-16-20-11-4-5-12-21(20)18-28-15-7-6-10-19(28)2/h4-5,11-12,19H,3,6-10,13-18H2,1-2H3,(H2,24,25,26). The van der Waals surface area contributed by atoms with Crippen LogP contribution in [0.2, 0.25) is 0 Å². The number of carbonyl (C=O) groups is 1. The molecule has 160 valence electrons. The van der Waals surface area contributed by atoms with Crippen molar-refractivity contribution in [2.45, 2.75) is 65.1 Å². The van der Waals surface area contributed by atoms with Crippen molar-refractivity contribution in [3.63, 3.8) is 0 Å². The summed E-state index contributed by atoms with van der Waals surface area (Å²) in [6.45, 7) is 10.0. The Kier molecular flexibility index (Phi) is 8.35. The number of hydrogen-bond acceptors (Lipinski definition) is 3. The topological polar surface area (TPSA) is 60.0 Å². The van der Waals surface area contributed by atoms with Gasteiger partial charge in [-0.3, -0.25) is 9.69 Å². The smallest absolute Gasteiger partial charge is 0.241 e. The van der Waals surface area contributed by atoms with Gasteiger partial charge in [-0.2, -0.15) is 0 Å². The van der Waals surface area contributed by atoms with E-state index in [-0.39, 0.29) is 5.91 Å². The summed E-state index contributed by atoms with van der Waals surface area (Å²) in [5.74, 6) is 0.869. The highest BCUT2D eigenvalue weighted by Crippen LogP contribution is 2.21. The van der Waals surface area contributed by atoms with Gasteiger partial charge in [0.15, 0.2) is 5.96 Å². The summed E-state index contributed by atoms with van der Waals surface area (Å²) in [7, 11) is 0. The van der Waals surface area contributed by atoms with Gasteiger partial charge in [-0.25, -0.2) is 4.99 Å². The van der Waals surface area contributed by atoms with E-state index in [1.807, 2.05) is 11.8 Å². The summed E-state index contributed by atoms with van der Waals surface area (Å²) >= 11 is 0. The van der Waals surface area contributed by atoms with Gasteiger partial charge in [0.1, 0.15) is 0 Å². The van der Waals surface area contributed by atoms with Crippen LogP contribution in [0.1, 0.15) is 57.1 Å². The van der Waals surface area contributed by atoms with Gasteiger partial charge in [0.05, 0.1) is 13.1 Å². The molecule has 2 aliphatic rings. The average molecular weight is 400 g/mol. The summed E-state index contributed by atoms with van der Waals surface area (Å²) in [5, 5.41) is 6.48. The number of nitrogens with one attached hydrogen (secondary N) is 2. The van der Waals surface area contributed by atoms with Crippen molar-refractivity contribution in [2.75, 3.05) is 32.7 Å². The second-order valence-corrected chi connectivity index (χ2v) is 8.22. The first-order chi connectivity index (χ1) is 14.2. The molecule has 1 aromatic carbocycles. The van der Waals surface area contributed by atoms with Crippen molar-refractivity contribution in [1.29, 1.82) is 0 Å². The van der Waals surface area contributed by atoms with Crippen LogP contribution in [0.15, 0.2) is 29.3 Å².